The molecule has 3 saturated carbocycles. The van der Waals surface area contributed by atoms with Crippen LogP contribution < -0.4 is 5.32 Å². The number of halogens is 3. The van der Waals surface area contributed by atoms with E-state index in [0.29, 0.717) is 0 Å². The average molecular weight is 423 g/mol. The quantitative estimate of drug-likeness (QED) is 0.587. The maximum absolute atomic E-state index is 13.2. The van der Waals surface area contributed by atoms with Crippen molar-refractivity contribution < 1.29 is 22.5 Å². The molecule has 0 spiro atoms. The third-order valence-electron chi connectivity index (χ3n) is 6.11. The molecule has 30 heavy (non-hydrogen) atoms. The zero-order chi connectivity index (χ0) is 21.8. The van der Waals surface area contributed by atoms with E-state index < -0.39 is 11.7 Å². The Bertz CT molecular complexity index is 830. The monoisotopic (exact) mass is 423 g/mol. The minimum Gasteiger partial charge on any atom is -0.347 e. The first-order valence-electron chi connectivity index (χ1n) is 10.5. The van der Waals surface area contributed by atoms with E-state index in [2.05, 4.69) is 15.5 Å². The lowest BCUT2D eigenvalue weighted by atomic mass is 9.60. The lowest BCUT2D eigenvalue weighted by molar-refractivity contribution is -0.137. The second kappa shape index (κ2) is 9.18. The van der Waals surface area contributed by atoms with Crippen molar-refractivity contribution in [3.8, 4) is 0 Å². The molecule has 1 aromatic rings. The Morgan fingerprint density at radius 1 is 1.27 bits per heavy atom. The molecule has 0 aliphatic heterocycles. The second-order valence-corrected chi connectivity index (χ2v) is 8.12. The van der Waals surface area contributed by atoms with Crippen molar-refractivity contribution in [3.05, 3.63) is 41.6 Å². The van der Waals surface area contributed by atoms with Crippen LogP contribution in [0.3, 0.4) is 0 Å². The van der Waals surface area contributed by atoms with Crippen molar-refractivity contribution >= 4 is 11.5 Å². The molecule has 164 valence electrons. The number of alkyl halides is 3. The van der Waals surface area contributed by atoms with E-state index in [-0.39, 0.29) is 41.6 Å². The zero-order valence-electron chi connectivity index (χ0n) is 17.4. The van der Waals surface area contributed by atoms with Gasteiger partial charge in [-0.2, -0.15) is 18.2 Å². The van der Waals surface area contributed by atoms with E-state index >= 15 is 0 Å². The first-order valence-corrected chi connectivity index (χ1v) is 10.5. The Labute approximate surface area is 174 Å². The fourth-order valence-electron chi connectivity index (χ4n) is 4.39. The molecule has 0 unspecified atom stereocenters. The number of nitrogens with zero attached hydrogens (tertiary/aromatic N) is 2. The molecule has 0 saturated heterocycles. The number of allylic oxidation sites excluding steroid dienone is 6. The maximum atomic E-state index is 13.2. The predicted molar refractivity (Wildman–Crippen MR) is 107 cm³/mol. The summed E-state index contributed by atoms with van der Waals surface area (Å²) in [6.45, 7) is 3.41. The van der Waals surface area contributed by atoms with Gasteiger partial charge in [0.1, 0.15) is 0 Å². The number of amides is 1. The van der Waals surface area contributed by atoms with Gasteiger partial charge in [0.15, 0.2) is 0 Å². The number of hydrogen-bond donors (Lipinski definition) is 1. The van der Waals surface area contributed by atoms with Gasteiger partial charge in [0.2, 0.25) is 17.6 Å². The summed E-state index contributed by atoms with van der Waals surface area (Å²) in [5, 5.41) is 6.71. The van der Waals surface area contributed by atoms with Crippen LogP contribution in [0.2, 0.25) is 0 Å². The Hall–Kier alpha value is -2.38. The van der Waals surface area contributed by atoms with Gasteiger partial charge in [0.25, 0.3) is 0 Å². The van der Waals surface area contributed by atoms with Gasteiger partial charge < -0.3 is 9.84 Å². The van der Waals surface area contributed by atoms with Crippen LogP contribution in [0.15, 0.2) is 34.4 Å². The van der Waals surface area contributed by atoms with E-state index in [1.54, 1.807) is 19.9 Å². The first-order chi connectivity index (χ1) is 14.3. The van der Waals surface area contributed by atoms with Gasteiger partial charge in [-0.15, -0.1) is 0 Å². The topological polar surface area (TPSA) is 68.0 Å². The minimum atomic E-state index is -4.47. The molecule has 3 aliphatic carbocycles. The van der Waals surface area contributed by atoms with E-state index in [9.17, 15) is 18.0 Å². The highest BCUT2D eigenvalue weighted by Crippen LogP contribution is 2.50. The molecule has 2 bridgehead atoms. The van der Waals surface area contributed by atoms with Crippen molar-refractivity contribution in [3.63, 3.8) is 0 Å². The molecule has 0 atom stereocenters. The fourth-order valence-corrected chi connectivity index (χ4v) is 4.39. The van der Waals surface area contributed by atoms with E-state index in [4.69, 9.17) is 4.52 Å². The molecule has 1 heterocycles. The normalized spacial score (nSPS) is 25.2. The molecular formula is C22H28F3N3O2. The van der Waals surface area contributed by atoms with E-state index in [1.165, 1.54) is 6.08 Å². The minimum absolute atomic E-state index is 0.00913. The summed E-state index contributed by atoms with van der Waals surface area (Å²) in [5.41, 5.74) is -0.856. The predicted octanol–water partition coefficient (Wildman–Crippen LogP) is 5.51. The van der Waals surface area contributed by atoms with Gasteiger partial charge >= 0.3 is 6.18 Å². The lowest BCUT2D eigenvalue weighted by Crippen LogP contribution is -2.46. The molecule has 3 aliphatic rings. The van der Waals surface area contributed by atoms with Crippen LogP contribution >= 0.6 is 0 Å². The summed E-state index contributed by atoms with van der Waals surface area (Å²) in [6, 6.07) is 0. The molecule has 1 amide bonds. The standard InChI is InChI=1S/C22H28F3N3O2/c1-3-5-16(13-17(6-4-2)22(23,24)25)19-27-18(30-28-19)14-26-20(29)21-10-7-15(8-11-21)9-12-21/h3,5-6,13,15H,4,7-12,14H2,1-2H3,(H,26,29)/b5-3-,16-13+,17-6-. The number of rotatable bonds is 7. The summed E-state index contributed by atoms with van der Waals surface area (Å²) in [7, 11) is 0. The third-order valence-corrected chi connectivity index (χ3v) is 6.11. The first kappa shape index (κ1) is 22.3. The van der Waals surface area contributed by atoms with Crippen LogP contribution in [0.25, 0.3) is 5.57 Å². The molecule has 1 N–H and O–H groups in total. The molecule has 3 fully saturated rings. The van der Waals surface area contributed by atoms with Crippen LogP contribution in [0.5, 0.6) is 0 Å². The average Bonchev–Trinajstić information content (AvgIpc) is 3.20. The zero-order valence-corrected chi connectivity index (χ0v) is 17.4. The molecule has 0 aromatic carbocycles. The van der Waals surface area contributed by atoms with Gasteiger partial charge in [-0.05, 0) is 63.9 Å². The van der Waals surface area contributed by atoms with Crippen molar-refractivity contribution in [2.45, 2.75) is 71.5 Å². The number of carbonyl (C=O) groups is 1. The van der Waals surface area contributed by atoms with Crippen molar-refractivity contribution in [1.82, 2.24) is 15.5 Å². The summed E-state index contributed by atoms with van der Waals surface area (Å²) in [5.74, 6) is 0.996. The molecule has 5 nitrogen and oxygen atoms in total. The van der Waals surface area contributed by atoms with Gasteiger partial charge in [-0.25, -0.2) is 0 Å². The SMILES string of the molecule is C\C=C/C(=C\C(=C\CC)C(F)(F)F)c1noc(CNC(=O)C23CCC(CC2)CC3)n1. The van der Waals surface area contributed by atoms with Crippen LogP contribution in [-0.2, 0) is 11.3 Å². The highest BCUT2D eigenvalue weighted by Gasteiger charge is 2.45. The summed E-state index contributed by atoms with van der Waals surface area (Å²) >= 11 is 0. The van der Waals surface area contributed by atoms with Gasteiger partial charge in [0, 0.05) is 11.0 Å². The van der Waals surface area contributed by atoms with Crippen LogP contribution in [0.4, 0.5) is 13.2 Å². The Balaban J connectivity index is 1.71. The van der Waals surface area contributed by atoms with E-state index in [0.717, 1.165) is 56.6 Å². The third kappa shape index (κ3) is 5.02. The Morgan fingerprint density at radius 2 is 1.93 bits per heavy atom. The molecule has 0 radical (unpaired) electrons. The molecule has 1 aromatic heterocycles. The van der Waals surface area contributed by atoms with E-state index in [1.807, 2.05) is 0 Å². The summed E-state index contributed by atoms with van der Waals surface area (Å²) < 4.78 is 44.9. The number of carbonyl (C=O) groups excluding carboxylic acids is 1. The summed E-state index contributed by atoms with van der Waals surface area (Å²) in [4.78, 5) is 17.0. The number of nitrogens with one attached hydrogen (secondary N) is 1. The lowest BCUT2D eigenvalue weighted by Gasteiger charge is -2.45. The maximum Gasteiger partial charge on any atom is 0.416 e. The fraction of sp³-hybridized carbons (Fsp3) is 0.591. The Kier molecular flexibility index (Phi) is 6.83. The van der Waals surface area contributed by atoms with Gasteiger partial charge in [-0.1, -0.05) is 30.3 Å². The number of aromatic nitrogens is 2. The van der Waals surface area contributed by atoms with Crippen molar-refractivity contribution in [2.75, 3.05) is 0 Å². The van der Waals surface area contributed by atoms with Crippen LogP contribution in [-0.4, -0.2) is 22.2 Å². The van der Waals surface area contributed by atoms with Crippen molar-refractivity contribution in [2.24, 2.45) is 11.3 Å². The second-order valence-electron chi connectivity index (χ2n) is 8.12. The smallest absolute Gasteiger partial charge is 0.347 e. The largest absolute Gasteiger partial charge is 0.416 e. The summed E-state index contributed by atoms with van der Waals surface area (Å²) in [6.07, 6.45) is 7.06. The number of fused-ring (bicyclic) bond motifs is 3. The van der Waals surface area contributed by atoms with Gasteiger partial charge in [-0.3, -0.25) is 4.79 Å². The highest BCUT2D eigenvalue weighted by molar-refractivity contribution is 5.82. The number of hydrogen-bond acceptors (Lipinski definition) is 4. The molecule has 4 rings (SSSR count). The Morgan fingerprint density at radius 3 is 2.50 bits per heavy atom. The van der Waals surface area contributed by atoms with Crippen LogP contribution in [0, 0.1) is 11.3 Å². The van der Waals surface area contributed by atoms with Crippen molar-refractivity contribution in [1.29, 1.82) is 0 Å². The molecular weight excluding hydrogens is 395 g/mol. The molecule has 8 heteroatoms. The van der Waals surface area contributed by atoms with Crippen LogP contribution in [0.1, 0.15) is 70.5 Å². The highest BCUT2D eigenvalue weighted by atomic mass is 19.4. The van der Waals surface area contributed by atoms with Gasteiger partial charge in [0.05, 0.1) is 12.1 Å².